The fourth-order valence-electron chi connectivity index (χ4n) is 3.21. The molecule has 2 amide bonds. The number of rotatable bonds is 3. The van der Waals surface area contributed by atoms with Gasteiger partial charge in [0.25, 0.3) is 0 Å². The molecule has 132 valence electrons. The summed E-state index contributed by atoms with van der Waals surface area (Å²) in [4.78, 5) is 31.3. The van der Waals surface area contributed by atoms with Gasteiger partial charge in [0.2, 0.25) is 11.8 Å². The summed E-state index contributed by atoms with van der Waals surface area (Å²) in [5, 5.41) is 7.04. The van der Waals surface area contributed by atoms with Gasteiger partial charge in [-0.25, -0.2) is 0 Å². The zero-order valence-electron chi connectivity index (χ0n) is 14.3. The molecule has 0 bridgehead atoms. The topological polar surface area (TPSA) is 81.9 Å². The van der Waals surface area contributed by atoms with Crippen molar-refractivity contribution in [2.75, 3.05) is 52.9 Å². The SMILES string of the molecule is Cc1cc(CC(=O)N2CCNCC2C(=O)N2CCN(C)CC2)on1. The predicted molar refractivity (Wildman–Crippen MR) is 87.4 cm³/mol. The number of likely N-dealkylation sites (N-methyl/N-ethyl adjacent to an activating group) is 1. The fourth-order valence-corrected chi connectivity index (χ4v) is 3.21. The largest absolute Gasteiger partial charge is 0.361 e. The second kappa shape index (κ2) is 7.31. The molecule has 0 aliphatic carbocycles. The Hall–Kier alpha value is -1.93. The molecule has 1 aromatic rings. The molecule has 24 heavy (non-hydrogen) atoms. The average molecular weight is 335 g/mol. The van der Waals surface area contributed by atoms with Crippen molar-refractivity contribution in [1.29, 1.82) is 0 Å². The van der Waals surface area contributed by atoms with Crippen LogP contribution >= 0.6 is 0 Å². The van der Waals surface area contributed by atoms with Gasteiger partial charge in [0.1, 0.15) is 11.8 Å². The second-order valence-corrected chi connectivity index (χ2v) is 6.55. The van der Waals surface area contributed by atoms with Crippen LogP contribution in [0.4, 0.5) is 0 Å². The Morgan fingerprint density at radius 2 is 2.04 bits per heavy atom. The molecule has 1 N–H and O–H groups in total. The Kier molecular flexibility index (Phi) is 5.15. The van der Waals surface area contributed by atoms with Crippen molar-refractivity contribution >= 4 is 11.8 Å². The fraction of sp³-hybridized carbons (Fsp3) is 0.688. The molecule has 0 aromatic carbocycles. The Bertz CT molecular complexity index is 594. The van der Waals surface area contributed by atoms with Gasteiger partial charge in [0.05, 0.1) is 12.1 Å². The molecule has 8 nitrogen and oxygen atoms in total. The van der Waals surface area contributed by atoms with E-state index >= 15 is 0 Å². The van der Waals surface area contributed by atoms with E-state index in [0.717, 1.165) is 31.9 Å². The highest BCUT2D eigenvalue weighted by atomic mass is 16.5. The van der Waals surface area contributed by atoms with Gasteiger partial charge >= 0.3 is 0 Å². The number of piperazine rings is 2. The lowest BCUT2D eigenvalue weighted by atomic mass is 10.1. The monoisotopic (exact) mass is 335 g/mol. The first-order chi connectivity index (χ1) is 11.5. The van der Waals surface area contributed by atoms with Gasteiger partial charge in [-0.15, -0.1) is 0 Å². The van der Waals surface area contributed by atoms with Crippen molar-refractivity contribution in [3.05, 3.63) is 17.5 Å². The Morgan fingerprint density at radius 3 is 2.71 bits per heavy atom. The molecule has 0 spiro atoms. The molecule has 0 radical (unpaired) electrons. The predicted octanol–water partition coefficient (Wildman–Crippen LogP) is -0.900. The minimum absolute atomic E-state index is 0.0393. The molecular weight excluding hydrogens is 310 g/mol. The molecule has 2 saturated heterocycles. The molecule has 2 aliphatic rings. The van der Waals surface area contributed by atoms with Gasteiger partial charge in [-0.05, 0) is 14.0 Å². The first kappa shape index (κ1) is 16.9. The molecule has 2 fully saturated rings. The van der Waals surface area contributed by atoms with Crippen LogP contribution in [0.15, 0.2) is 10.6 Å². The molecule has 1 atom stereocenters. The van der Waals surface area contributed by atoms with Crippen LogP contribution in [-0.2, 0) is 16.0 Å². The third-order valence-electron chi connectivity index (χ3n) is 4.67. The van der Waals surface area contributed by atoms with Crippen LogP contribution in [-0.4, -0.2) is 90.6 Å². The van der Waals surface area contributed by atoms with Gasteiger partial charge < -0.3 is 24.5 Å². The second-order valence-electron chi connectivity index (χ2n) is 6.55. The van der Waals surface area contributed by atoms with Crippen molar-refractivity contribution in [2.45, 2.75) is 19.4 Å². The molecule has 3 rings (SSSR count). The zero-order valence-corrected chi connectivity index (χ0v) is 14.3. The Morgan fingerprint density at radius 1 is 1.29 bits per heavy atom. The highest BCUT2D eigenvalue weighted by Gasteiger charge is 2.35. The van der Waals surface area contributed by atoms with Gasteiger partial charge in [-0.3, -0.25) is 9.59 Å². The summed E-state index contributed by atoms with van der Waals surface area (Å²) in [6.45, 7) is 6.75. The van der Waals surface area contributed by atoms with E-state index in [1.165, 1.54) is 0 Å². The first-order valence-electron chi connectivity index (χ1n) is 8.44. The van der Waals surface area contributed by atoms with Crippen LogP contribution in [0, 0.1) is 6.92 Å². The Labute approximate surface area is 141 Å². The van der Waals surface area contributed by atoms with Gasteiger partial charge in [-0.1, -0.05) is 5.16 Å². The number of aryl methyl sites for hydroxylation is 1. The summed E-state index contributed by atoms with van der Waals surface area (Å²) in [6.07, 6.45) is 0.146. The molecule has 3 heterocycles. The summed E-state index contributed by atoms with van der Waals surface area (Å²) in [7, 11) is 2.05. The van der Waals surface area contributed by atoms with E-state index in [4.69, 9.17) is 4.52 Å². The lowest BCUT2D eigenvalue weighted by molar-refractivity contribution is -0.147. The number of aromatic nitrogens is 1. The lowest BCUT2D eigenvalue weighted by Crippen LogP contribution is -2.62. The first-order valence-corrected chi connectivity index (χ1v) is 8.44. The van der Waals surface area contributed by atoms with Crippen molar-refractivity contribution in [1.82, 2.24) is 25.2 Å². The smallest absolute Gasteiger partial charge is 0.246 e. The summed E-state index contributed by atoms with van der Waals surface area (Å²) in [6, 6.07) is 1.33. The number of hydrogen-bond acceptors (Lipinski definition) is 6. The van der Waals surface area contributed by atoms with Crippen LogP contribution in [0.5, 0.6) is 0 Å². The number of carbonyl (C=O) groups excluding carboxylic acids is 2. The van der Waals surface area contributed by atoms with Crippen molar-refractivity contribution < 1.29 is 14.1 Å². The van der Waals surface area contributed by atoms with Crippen LogP contribution in [0.2, 0.25) is 0 Å². The molecular formula is C16H25N5O3. The number of amides is 2. The third kappa shape index (κ3) is 3.76. The number of carbonyl (C=O) groups is 2. The van der Waals surface area contributed by atoms with E-state index in [9.17, 15) is 9.59 Å². The quantitative estimate of drug-likeness (QED) is 0.771. The van der Waals surface area contributed by atoms with Crippen molar-refractivity contribution in [2.24, 2.45) is 0 Å². The van der Waals surface area contributed by atoms with E-state index in [-0.39, 0.29) is 18.2 Å². The zero-order chi connectivity index (χ0) is 17.1. The number of nitrogens with one attached hydrogen (secondary N) is 1. The Balaban J connectivity index is 1.66. The van der Waals surface area contributed by atoms with Crippen LogP contribution in [0.25, 0.3) is 0 Å². The lowest BCUT2D eigenvalue weighted by Gasteiger charge is -2.40. The number of hydrogen-bond donors (Lipinski definition) is 1. The van der Waals surface area contributed by atoms with E-state index < -0.39 is 6.04 Å². The van der Waals surface area contributed by atoms with E-state index in [1.54, 1.807) is 11.0 Å². The maximum Gasteiger partial charge on any atom is 0.246 e. The molecule has 0 saturated carbocycles. The maximum atomic E-state index is 12.9. The summed E-state index contributed by atoms with van der Waals surface area (Å²) in [5.41, 5.74) is 0.753. The standard InChI is InChI=1S/C16H25N5O3/c1-12-9-13(24-18-12)10-15(22)21-4-3-17-11-14(21)16(23)20-7-5-19(2)6-8-20/h9,14,17H,3-8,10-11H2,1-2H3. The minimum Gasteiger partial charge on any atom is -0.361 e. The normalized spacial score (nSPS) is 22.7. The van der Waals surface area contributed by atoms with E-state index in [2.05, 4.69) is 22.4 Å². The van der Waals surface area contributed by atoms with Gasteiger partial charge in [0, 0.05) is 51.9 Å². The summed E-state index contributed by atoms with van der Waals surface area (Å²) in [5.74, 6) is 0.499. The minimum atomic E-state index is -0.432. The highest BCUT2D eigenvalue weighted by Crippen LogP contribution is 2.13. The van der Waals surface area contributed by atoms with Crippen molar-refractivity contribution in [3.8, 4) is 0 Å². The summed E-state index contributed by atoms with van der Waals surface area (Å²) < 4.78 is 5.14. The summed E-state index contributed by atoms with van der Waals surface area (Å²) >= 11 is 0. The molecule has 1 unspecified atom stereocenters. The van der Waals surface area contributed by atoms with Gasteiger partial charge in [-0.2, -0.15) is 0 Å². The van der Waals surface area contributed by atoms with E-state index in [0.29, 0.717) is 25.4 Å². The third-order valence-corrected chi connectivity index (χ3v) is 4.67. The molecule has 8 heteroatoms. The van der Waals surface area contributed by atoms with Gasteiger partial charge in [0.15, 0.2) is 0 Å². The maximum absolute atomic E-state index is 12.9. The highest BCUT2D eigenvalue weighted by molar-refractivity contribution is 5.89. The molecule has 2 aliphatic heterocycles. The average Bonchev–Trinajstić information content (AvgIpc) is 3.00. The van der Waals surface area contributed by atoms with Crippen LogP contribution in [0.3, 0.4) is 0 Å². The van der Waals surface area contributed by atoms with Crippen LogP contribution < -0.4 is 5.32 Å². The number of nitrogens with zero attached hydrogens (tertiary/aromatic N) is 4. The van der Waals surface area contributed by atoms with E-state index in [1.807, 2.05) is 11.8 Å². The van der Waals surface area contributed by atoms with Crippen molar-refractivity contribution in [3.63, 3.8) is 0 Å². The van der Waals surface area contributed by atoms with Crippen LogP contribution in [0.1, 0.15) is 11.5 Å². The molecule has 1 aromatic heterocycles.